The number of benzene rings is 1. The van der Waals surface area contributed by atoms with Crippen LogP contribution in [0.15, 0.2) is 30.6 Å². The van der Waals surface area contributed by atoms with E-state index >= 15 is 0 Å². The lowest BCUT2D eigenvalue weighted by atomic mass is 10.1. The number of aryl methyl sites for hydroxylation is 1. The zero-order chi connectivity index (χ0) is 19.3. The van der Waals surface area contributed by atoms with Crippen molar-refractivity contribution in [3.63, 3.8) is 0 Å². The quantitative estimate of drug-likeness (QED) is 0.691. The Morgan fingerprint density at radius 1 is 1.31 bits per heavy atom. The molecule has 1 aromatic carbocycles. The molecule has 0 saturated heterocycles. The minimum absolute atomic E-state index is 0.231. The lowest BCUT2D eigenvalue weighted by Crippen LogP contribution is -2.30. The average molecular weight is 378 g/mol. The average Bonchev–Trinajstić information content (AvgIpc) is 2.99. The second-order valence-electron chi connectivity index (χ2n) is 6.46. The molecule has 0 aliphatic carbocycles. The summed E-state index contributed by atoms with van der Waals surface area (Å²) in [5.74, 6) is -0.124. The van der Waals surface area contributed by atoms with Crippen LogP contribution in [0.3, 0.4) is 0 Å². The lowest BCUT2D eigenvalue weighted by Gasteiger charge is -2.15. The largest absolute Gasteiger partial charge is 0.352 e. The molecule has 8 heteroatoms. The Hall–Kier alpha value is -2.38. The molecule has 2 amide bonds. The van der Waals surface area contributed by atoms with E-state index in [1.165, 1.54) is 0 Å². The number of likely N-dealkylation sites (N-methyl/N-ethyl adjacent to an activating group) is 1. The van der Waals surface area contributed by atoms with Crippen LogP contribution in [0.1, 0.15) is 35.8 Å². The Labute approximate surface area is 158 Å². The van der Waals surface area contributed by atoms with E-state index in [1.807, 2.05) is 13.8 Å². The molecule has 1 heterocycles. The summed E-state index contributed by atoms with van der Waals surface area (Å²) in [6, 6.07) is 4.28. The summed E-state index contributed by atoms with van der Waals surface area (Å²) in [5.41, 5.74) is 1.65. The van der Waals surface area contributed by atoms with Gasteiger partial charge in [-0.1, -0.05) is 25.4 Å². The first-order valence-electron chi connectivity index (χ1n) is 8.36. The molecule has 1 atom stereocenters. The molecule has 0 fully saturated rings. The van der Waals surface area contributed by atoms with Crippen LogP contribution in [0.5, 0.6) is 0 Å². The SMILES string of the molecule is CNC(C(=O)Nc1ccc(C(=O)NCC(C)C)c(Cl)c1)c1cnn(C)c1. The predicted molar refractivity (Wildman–Crippen MR) is 102 cm³/mol. The van der Waals surface area contributed by atoms with Crippen molar-refractivity contribution in [2.75, 3.05) is 18.9 Å². The first-order valence-corrected chi connectivity index (χ1v) is 8.74. The number of amides is 2. The highest BCUT2D eigenvalue weighted by Gasteiger charge is 2.21. The van der Waals surface area contributed by atoms with E-state index in [0.717, 1.165) is 5.56 Å². The number of rotatable bonds is 7. The molecule has 1 aromatic heterocycles. The van der Waals surface area contributed by atoms with E-state index in [9.17, 15) is 9.59 Å². The number of hydrogen-bond donors (Lipinski definition) is 3. The van der Waals surface area contributed by atoms with Crippen LogP contribution in [0.2, 0.25) is 5.02 Å². The van der Waals surface area contributed by atoms with Crippen molar-refractivity contribution in [1.29, 1.82) is 0 Å². The number of anilines is 1. The first kappa shape index (κ1) is 19.9. The molecule has 1 unspecified atom stereocenters. The highest BCUT2D eigenvalue weighted by atomic mass is 35.5. The Morgan fingerprint density at radius 3 is 2.58 bits per heavy atom. The molecular weight excluding hydrogens is 354 g/mol. The van der Waals surface area contributed by atoms with Crippen molar-refractivity contribution < 1.29 is 9.59 Å². The maximum absolute atomic E-state index is 12.5. The van der Waals surface area contributed by atoms with Gasteiger partial charge in [-0.15, -0.1) is 0 Å². The minimum atomic E-state index is -0.545. The maximum Gasteiger partial charge on any atom is 0.252 e. The van der Waals surface area contributed by atoms with Crippen LogP contribution >= 0.6 is 11.6 Å². The predicted octanol–water partition coefficient (Wildman–Crippen LogP) is 2.36. The molecule has 26 heavy (non-hydrogen) atoms. The summed E-state index contributed by atoms with van der Waals surface area (Å²) >= 11 is 6.22. The van der Waals surface area contributed by atoms with Gasteiger partial charge in [-0.3, -0.25) is 14.3 Å². The van der Waals surface area contributed by atoms with E-state index < -0.39 is 6.04 Å². The second-order valence-corrected chi connectivity index (χ2v) is 6.86. The van der Waals surface area contributed by atoms with E-state index in [1.54, 1.807) is 49.4 Å². The number of halogens is 1. The van der Waals surface area contributed by atoms with Gasteiger partial charge in [-0.25, -0.2) is 0 Å². The van der Waals surface area contributed by atoms with Crippen molar-refractivity contribution in [2.45, 2.75) is 19.9 Å². The van der Waals surface area contributed by atoms with Gasteiger partial charge >= 0.3 is 0 Å². The second kappa shape index (κ2) is 8.82. The van der Waals surface area contributed by atoms with Gasteiger partial charge in [0, 0.05) is 31.0 Å². The van der Waals surface area contributed by atoms with Crippen LogP contribution in [0, 0.1) is 5.92 Å². The molecule has 0 aliphatic rings. The minimum Gasteiger partial charge on any atom is -0.352 e. The fourth-order valence-corrected chi connectivity index (χ4v) is 2.69. The third-order valence-electron chi connectivity index (χ3n) is 3.76. The summed E-state index contributed by atoms with van der Waals surface area (Å²) in [6.45, 7) is 4.60. The van der Waals surface area contributed by atoms with E-state index in [0.29, 0.717) is 23.7 Å². The molecule has 7 nitrogen and oxygen atoms in total. The van der Waals surface area contributed by atoms with Crippen LogP contribution in [0.25, 0.3) is 0 Å². The summed E-state index contributed by atoms with van der Waals surface area (Å²) in [5, 5.41) is 12.9. The molecule has 0 aliphatic heterocycles. The molecule has 0 bridgehead atoms. The van der Waals surface area contributed by atoms with Crippen LogP contribution in [-0.4, -0.2) is 35.2 Å². The molecule has 0 saturated carbocycles. The molecule has 0 spiro atoms. The topological polar surface area (TPSA) is 88.1 Å². The highest BCUT2D eigenvalue weighted by molar-refractivity contribution is 6.34. The Kier molecular flexibility index (Phi) is 6.76. The number of carbonyl (C=O) groups is 2. The fourth-order valence-electron chi connectivity index (χ4n) is 2.42. The standard InChI is InChI=1S/C18H24ClN5O2/c1-11(2)8-21-17(25)14-6-5-13(7-15(14)19)23-18(26)16(20-3)12-9-22-24(4)10-12/h5-7,9-11,16,20H,8H2,1-4H3,(H,21,25)(H,23,26). The molecule has 140 valence electrons. The van der Waals surface area contributed by atoms with Gasteiger partial charge in [0.15, 0.2) is 0 Å². The summed E-state index contributed by atoms with van der Waals surface area (Å²) in [6.07, 6.45) is 3.41. The van der Waals surface area contributed by atoms with E-state index in [4.69, 9.17) is 11.6 Å². The fraction of sp³-hybridized carbons (Fsp3) is 0.389. The van der Waals surface area contributed by atoms with Crippen molar-refractivity contribution in [1.82, 2.24) is 20.4 Å². The summed E-state index contributed by atoms with van der Waals surface area (Å²) in [4.78, 5) is 24.7. The van der Waals surface area contributed by atoms with Gasteiger partial charge in [0.2, 0.25) is 5.91 Å². The number of nitrogens with one attached hydrogen (secondary N) is 3. The molecule has 2 rings (SSSR count). The maximum atomic E-state index is 12.5. The van der Waals surface area contributed by atoms with Crippen LogP contribution in [-0.2, 0) is 11.8 Å². The Bertz CT molecular complexity index is 788. The lowest BCUT2D eigenvalue weighted by molar-refractivity contribution is -0.118. The Morgan fingerprint density at radius 2 is 2.04 bits per heavy atom. The Balaban J connectivity index is 2.08. The van der Waals surface area contributed by atoms with Gasteiger partial charge in [0.05, 0.1) is 16.8 Å². The zero-order valence-electron chi connectivity index (χ0n) is 15.3. The molecule has 0 radical (unpaired) electrons. The van der Waals surface area contributed by atoms with Crippen LogP contribution < -0.4 is 16.0 Å². The van der Waals surface area contributed by atoms with Crippen molar-refractivity contribution in [3.05, 3.63) is 46.7 Å². The van der Waals surface area contributed by atoms with Gasteiger partial charge in [-0.2, -0.15) is 5.10 Å². The number of hydrogen-bond acceptors (Lipinski definition) is 4. The number of aromatic nitrogens is 2. The monoisotopic (exact) mass is 377 g/mol. The van der Waals surface area contributed by atoms with Crippen molar-refractivity contribution >= 4 is 29.1 Å². The first-order chi connectivity index (χ1) is 12.3. The zero-order valence-corrected chi connectivity index (χ0v) is 16.1. The normalized spacial score (nSPS) is 12.1. The molecular formula is C18H24ClN5O2. The van der Waals surface area contributed by atoms with Gasteiger partial charge in [0.1, 0.15) is 6.04 Å². The van der Waals surface area contributed by atoms with E-state index in [-0.39, 0.29) is 16.8 Å². The third kappa shape index (κ3) is 5.06. The van der Waals surface area contributed by atoms with Crippen LogP contribution in [0.4, 0.5) is 5.69 Å². The number of nitrogens with zero attached hydrogens (tertiary/aromatic N) is 2. The van der Waals surface area contributed by atoms with Gasteiger partial charge in [-0.05, 0) is 31.2 Å². The van der Waals surface area contributed by atoms with Gasteiger partial charge in [0.25, 0.3) is 5.91 Å². The smallest absolute Gasteiger partial charge is 0.252 e. The highest BCUT2D eigenvalue weighted by Crippen LogP contribution is 2.22. The molecule has 3 N–H and O–H groups in total. The summed E-state index contributed by atoms with van der Waals surface area (Å²) < 4.78 is 1.63. The van der Waals surface area contributed by atoms with Gasteiger partial charge < -0.3 is 16.0 Å². The van der Waals surface area contributed by atoms with Crippen molar-refractivity contribution in [3.8, 4) is 0 Å². The molecule has 2 aromatic rings. The third-order valence-corrected chi connectivity index (χ3v) is 4.07. The summed E-state index contributed by atoms with van der Waals surface area (Å²) in [7, 11) is 3.49. The number of carbonyl (C=O) groups excluding carboxylic acids is 2. The van der Waals surface area contributed by atoms with Crippen molar-refractivity contribution in [2.24, 2.45) is 13.0 Å². The van der Waals surface area contributed by atoms with E-state index in [2.05, 4.69) is 21.0 Å².